The monoisotopic (exact) mass is 334 g/mol. The van der Waals surface area contributed by atoms with Gasteiger partial charge in [-0.25, -0.2) is 0 Å². The van der Waals surface area contributed by atoms with Crippen molar-refractivity contribution in [1.82, 2.24) is 20.4 Å². The van der Waals surface area contributed by atoms with Crippen molar-refractivity contribution >= 4 is 11.8 Å². The van der Waals surface area contributed by atoms with Crippen LogP contribution >= 0.6 is 0 Å². The normalized spacial score (nSPS) is 17.3. The van der Waals surface area contributed by atoms with E-state index in [1.54, 1.807) is 6.20 Å². The van der Waals surface area contributed by atoms with Crippen LogP contribution in [0.25, 0.3) is 0 Å². The van der Waals surface area contributed by atoms with Gasteiger partial charge in [-0.15, -0.1) is 0 Å². The van der Waals surface area contributed by atoms with Crippen molar-refractivity contribution in [3.63, 3.8) is 0 Å². The van der Waals surface area contributed by atoms with E-state index in [4.69, 9.17) is 0 Å². The van der Waals surface area contributed by atoms with Gasteiger partial charge < -0.3 is 10.6 Å². The first-order valence-electron chi connectivity index (χ1n) is 8.88. The summed E-state index contributed by atoms with van der Waals surface area (Å²) in [6, 6.07) is 0.333. The summed E-state index contributed by atoms with van der Waals surface area (Å²) >= 11 is 0. The van der Waals surface area contributed by atoms with Crippen molar-refractivity contribution in [1.29, 1.82) is 0 Å². The number of hydrogen-bond donors (Lipinski definition) is 2. The molecule has 1 fully saturated rings. The maximum atomic E-state index is 12.3. The van der Waals surface area contributed by atoms with E-state index in [2.05, 4.69) is 36.5 Å². The molecule has 1 unspecified atom stereocenters. The van der Waals surface area contributed by atoms with E-state index in [1.165, 1.54) is 30.1 Å². The van der Waals surface area contributed by atoms with Gasteiger partial charge in [0.25, 0.3) is 5.91 Å². The molecule has 0 aliphatic heterocycles. The zero-order valence-electron chi connectivity index (χ0n) is 15.3. The maximum Gasteiger partial charge on any atom is 0.254 e. The minimum absolute atomic E-state index is 0.00840. The lowest BCUT2D eigenvalue weighted by Gasteiger charge is -2.27. The number of carbonyl (C=O) groups is 2. The van der Waals surface area contributed by atoms with Crippen molar-refractivity contribution in [3.8, 4) is 0 Å². The Morgan fingerprint density at radius 2 is 1.96 bits per heavy atom. The van der Waals surface area contributed by atoms with Gasteiger partial charge in [0.1, 0.15) is 6.54 Å². The number of amides is 2. The van der Waals surface area contributed by atoms with Crippen LogP contribution in [0.15, 0.2) is 12.4 Å². The number of nitrogens with one attached hydrogen (secondary N) is 2. The molecular formula is C18H30N4O2. The molecule has 24 heavy (non-hydrogen) atoms. The molecule has 0 radical (unpaired) electrons. The Kier molecular flexibility index (Phi) is 6.02. The quantitative estimate of drug-likeness (QED) is 0.868. The van der Waals surface area contributed by atoms with Gasteiger partial charge in [-0.05, 0) is 25.2 Å². The van der Waals surface area contributed by atoms with E-state index >= 15 is 0 Å². The summed E-state index contributed by atoms with van der Waals surface area (Å²) in [6.07, 6.45) is 8.89. The first kappa shape index (κ1) is 18.5. The summed E-state index contributed by atoms with van der Waals surface area (Å²) in [5.74, 6) is -0.198. The van der Waals surface area contributed by atoms with Crippen LogP contribution in [0, 0.1) is 5.41 Å². The molecule has 2 rings (SSSR count). The number of rotatable bonds is 5. The van der Waals surface area contributed by atoms with Gasteiger partial charge in [0, 0.05) is 18.3 Å². The summed E-state index contributed by atoms with van der Waals surface area (Å²) < 4.78 is 1.52. The lowest BCUT2D eigenvalue weighted by atomic mass is 9.88. The molecule has 0 spiro atoms. The average Bonchev–Trinajstić information content (AvgIpc) is 2.95. The van der Waals surface area contributed by atoms with E-state index in [-0.39, 0.29) is 35.9 Å². The zero-order chi connectivity index (χ0) is 17.7. The van der Waals surface area contributed by atoms with Crippen LogP contribution in [-0.2, 0) is 11.3 Å². The first-order valence-corrected chi connectivity index (χ1v) is 8.88. The van der Waals surface area contributed by atoms with Gasteiger partial charge in [0.05, 0.1) is 11.8 Å². The Morgan fingerprint density at radius 1 is 1.29 bits per heavy atom. The first-order chi connectivity index (χ1) is 11.3. The largest absolute Gasteiger partial charge is 0.352 e. The molecule has 1 aromatic heterocycles. The minimum atomic E-state index is -0.156. The van der Waals surface area contributed by atoms with Crippen molar-refractivity contribution in [2.75, 3.05) is 0 Å². The van der Waals surface area contributed by atoms with Crippen molar-refractivity contribution in [2.45, 2.75) is 78.4 Å². The van der Waals surface area contributed by atoms with Gasteiger partial charge in [0.15, 0.2) is 0 Å². The number of hydrogen-bond acceptors (Lipinski definition) is 3. The predicted octanol–water partition coefficient (Wildman–Crippen LogP) is 2.50. The summed E-state index contributed by atoms with van der Waals surface area (Å²) in [6.45, 7) is 8.38. The third kappa shape index (κ3) is 5.35. The second kappa shape index (κ2) is 7.81. The Morgan fingerprint density at radius 3 is 2.58 bits per heavy atom. The molecule has 1 aliphatic rings. The van der Waals surface area contributed by atoms with E-state index in [0.29, 0.717) is 5.56 Å². The summed E-state index contributed by atoms with van der Waals surface area (Å²) in [5, 5.41) is 10.2. The molecule has 0 bridgehead atoms. The highest BCUT2D eigenvalue weighted by molar-refractivity contribution is 5.94. The molecule has 1 atom stereocenters. The molecule has 0 saturated heterocycles. The predicted molar refractivity (Wildman–Crippen MR) is 93.6 cm³/mol. The second-order valence-electron chi connectivity index (χ2n) is 7.89. The standard InChI is InChI=1S/C18H30N4O2/c1-13(18(2,3)4)20-17(24)14-10-19-22(11-14)12-16(23)21-15-8-6-5-7-9-15/h10-11,13,15H,5-9,12H2,1-4H3,(H,20,24)(H,21,23). The number of aromatic nitrogens is 2. The molecule has 6 heteroatoms. The van der Waals surface area contributed by atoms with Crippen LogP contribution in [0.5, 0.6) is 0 Å². The van der Waals surface area contributed by atoms with Crippen LogP contribution in [-0.4, -0.2) is 33.7 Å². The summed E-state index contributed by atoms with van der Waals surface area (Å²) in [5.41, 5.74) is 0.475. The lowest BCUT2D eigenvalue weighted by molar-refractivity contribution is -0.122. The van der Waals surface area contributed by atoms with Gasteiger partial charge in [-0.2, -0.15) is 5.10 Å². The molecule has 1 saturated carbocycles. The number of nitrogens with zero attached hydrogens (tertiary/aromatic N) is 2. The molecule has 1 aliphatic carbocycles. The SMILES string of the molecule is CC(NC(=O)c1cnn(CC(=O)NC2CCCCC2)c1)C(C)(C)C. The molecule has 134 valence electrons. The van der Waals surface area contributed by atoms with Crippen molar-refractivity contribution in [3.05, 3.63) is 18.0 Å². The summed E-state index contributed by atoms with van der Waals surface area (Å²) in [7, 11) is 0. The zero-order valence-corrected chi connectivity index (χ0v) is 15.3. The fourth-order valence-electron chi connectivity index (χ4n) is 2.73. The lowest BCUT2D eigenvalue weighted by Crippen LogP contribution is -2.41. The van der Waals surface area contributed by atoms with Gasteiger partial charge in [-0.3, -0.25) is 14.3 Å². The molecule has 0 aromatic carbocycles. The van der Waals surface area contributed by atoms with Crippen molar-refractivity contribution in [2.24, 2.45) is 5.41 Å². The van der Waals surface area contributed by atoms with Crippen LogP contribution in [0.3, 0.4) is 0 Å². The Labute approximate surface area is 144 Å². The number of carbonyl (C=O) groups excluding carboxylic acids is 2. The molecule has 1 heterocycles. The van der Waals surface area contributed by atoms with E-state index < -0.39 is 0 Å². The fraction of sp³-hybridized carbons (Fsp3) is 0.722. The maximum absolute atomic E-state index is 12.3. The molecule has 1 aromatic rings. The van der Waals surface area contributed by atoms with Crippen LogP contribution in [0.1, 0.15) is 70.2 Å². The van der Waals surface area contributed by atoms with E-state index in [9.17, 15) is 9.59 Å². The smallest absolute Gasteiger partial charge is 0.254 e. The second-order valence-corrected chi connectivity index (χ2v) is 7.89. The topological polar surface area (TPSA) is 76.0 Å². The Balaban J connectivity index is 1.85. The highest BCUT2D eigenvalue weighted by atomic mass is 16.2. The highest BCUT2D eigenvalue weighted by Crippen LogP contribution is 2.19. The van der Waals surface area contributed by atoms with E-state index in [1.807, 2.05) is 6.92 Å². The van der Waals surface area contributed by atoms with E-state index in [0.717, 1.165) is 12.8 Å². The molecular weight excluding hydrogens is 304 g/mol. The van der Waals surface area contributed by atoms with Gasteiger partial charge in [0.2, 0.25) is 5.91 Å². The third-order valence-corrected chi connectivity index (χ3v) is 4.82. The fourth-order valence-corrected chi connectivity index (χ4v) is 2.73. The van der Waals surface area contributed by atoms with Crippen molar-refractivity contribution < 1.29 is 9.59 Å². The van der Waals surface area contributed by atoms with Gasteiger partial charge >= 0.3 is 0 Å². The highest BCUT2D eigenvalue weighted by Gasteiger charge is 2.23. The summed E-state index contributed by atoms with van der Waals surface area (Å²) in [4.78, 5) is 24.3. The molecule has 2 amide bonds. The van der Waals surface area contributed by atoms with Crippen LogP contribution in [0.2, 0.25) is 0 Å². The molecule has 2 N–H and O–H groups in total. The Bertz CT molecular complexity index is 568. The third-order valence-electron chi connectivity index (χ3n) is 4.82. The van der Waals surface area contributed by atoms with Crippen LogP contribution in [0.4, 0.5) is 0 Å². The minimum Gasteiger partial charge on any atom is -0.352 e. The van der Waals surface area contributed by atoms with Gasteiger partial charge in [-0.1, -0.05) is 40.0 Å². The average molecular weight is 334 g/mol. The van der Waals surface area contributed by atoms with Crippen LogP contribution < -0.4 is 10.6 Å². The molecule has 6 nitrogen and oxygen atoms in total. The Hall–Kier alpha value is -1.85.